The number of carbonyl (C=O) groups excluding carboxylic acids is 1. The number of carbonyl (C=O) groups is 1. The molecule has 1 fully saturated rings. The second kappa shape index (κ2) is 7.50. The van der Waals surface area contributed by atoms with Gasteiger partial charge >= 0.3 is 0 Å². The number of halogens is 1. The zero-order valence-electron chi connectivity index (χ0n) is 14.5. The molecule has 0 spiro atoms. The zero-order chi connectivity index (χ0) is 18.8. The molecule has 1 N–H and O–H groups in total. The third-order valence-corrected chi connectivity index (χ3v) is 4.71. The quantitative estimate of drug-likeness (QED) is 0.717. The average molecular weight is 388 g/mol. The smallest absolute Gasteiger partial charge is 0.264 e. The average Bonchev–Trinajstić information content (AvgIpc) is 3.32. The molecule has 3 aromatic rings. The first-order chi connectivity index (χ1) is 13.1. The molecule has 27 heavy (non-hydrogen) atoms. The van der Waals surface area contributed by atoms with Crippen LogP contribution in [-0.2, 0) is 16.1 Å². The molecule has 1 saturated heterocycles. The number of rotatable bonds is 5. The molecule has 0 bridgehead atoms. The number of aromatic nitrogens is 4. The maximum absolute atomic E-state index is 12.7. The van der Waals surface area contributed by atoms with E-state index >= 15 is 0 Å². The first-order valence-corrected chi connectivity index (χ1v) is 9.07. The Labute approximate surface area is 159 Å². The molecule has 1 unspecified atom stereocenters. The van der Waals surface area contributed by atoms with E-state index in [0.717, 1.165) is 19.4 Å². The topological polar surface area (TPSA) is 91.0 Å². The van der Waals surface area contributed by atoms with Gasteiger partial charge in [0.05, 0.1) is 18.0 Å². The highest BCUT2D eigenvalue weighted by molar-refractivity contribution is 6.30. The van der Waals surface area contributed by atoms with Crippen LogP contribution in [-0.4, -0.2) is 44.5 Å². The molecule has 4 rings (SSSR count). The van der Waals surface area contributed by atoms with Crippen LogP contribution in [0.25, 0.3) is 16.7 Å². The summed E-state index contributed by atoms with van der Waals surface area (Å²) in [5.74, 6) is -0.254. The predicted octanol–water partition coefficient (Wildman–Crippen LogP) is 1.53. The number of benzene rings is 1. The van der Waals surface area contributed by atoms with Crippen molar-refractivity contribution in [3.8, 4) is 5.69 Å². The highest BCUT2D eigenvalue weighted by atomic mass is 35.5. The lowest BCUT2D eigenvalue weighted by atomic mass is 10.2. The van der Waals surface area contributed by atoms with E-state index in [9.17, 15) is 9.59 Å². The lowest BCUT2D eigenvalue weighted by Crippen LogP contribution is -2.36. The van der Waals surface area contributed by atoms with E-state index in [-0.39, 0.29) is 24.1 Å². The van der Waals surface area contributed by atoms with Gasteiger partial charge in [-0.3, -0.25) is 14.2 Å². The van der Waals surface area contributed by atoms with Crippen molar-refractivity contribution in [2.75, 3.05) is 13.2 Å². The zero-order valence-corrected chi connectivity index (χ0v) is 15.2. The molecular weight excluding hydrogens is 370 g/mol. The second-order valence-corrected chi connectivity index (χ2v) is 6.83. The number of nitrogens with zero attached hydrogens (tertiary/aromatic N) is 4. The second-order valence-electron chi connectivity index (χ2n) is 6.39. The molecule has 2 aromatic heterocycles. The van der Waals surface area contributed by atoms with Crippen molar-refractivity contribution in [1.29, 1.82) is 0 Å². The summed E-state index contributed by atoms with van der Waals surface area (Å²) in [7, 11) is 0. The van der Waals surface area contributed by atoms with Crippen LogP contribution in [0, 0.1) is 0 Å². The summed E-state index contributed by atoms with van der Waals surface area (Å²) in [6.45, 7) is 1.09. The highest BCUT2D eigenvalue weighted by Gasteiger charge is 2.17. The Balaban J connectivity index is 1.54. The monoisotopic (exact) mass is 387 g/mol. The molecule has 0 aliphatic carbocycles. The summed E-state index contributed by atoms with van der Waals surface area (Å²) >= 11 is 6.02. The van der Waals surface area contributed by atoms with E-state index < -0.39 is 0 Å². The van der Waals surface area contributed by atoms with E-state index in [0.29, 0.717) is 28.3 Å². The van der Waals surface area contributed by atoms with Crippen LogP contribution in [0.15, 0.2) is 41.6 Å². The van der Waals surface area contributed by atoms with Crippen LogP contribution < -0.4 is 10.9 Å². The molecule has 1 aliphatic heterocycles. The van der Waals surface area contributed by atoms with Gasteiger partial charge < -0.3 is 10.1 Å². The van der Waals surface area contributed by atoms with Crippen LogP contribution in [0.5, 0.6) is 0 Å². The fraction of sp³-hybridized carbons (Fsp3) is 0.333. The molecule has 0 radical (unpaired) electrons. The minimum absolute atomic E-state index is 0.0576. The van der Waals surface area contributed by atoms with Gasteiger partial charge in [0.2, 0.25) is 5.91 Å². The van der Waals surface area contributed by atoms with Crippen molar-refractivity contribution >= 4 is 28.5 Å². The molecule has 9 heteroatoms. The molecule has 1 aromatic carbocycles. The van der Waals surface area contributed by atoms with Crippen molar-refractivity contribution in [3.05, 3.63) is 52.2 Å². The Kier molecular flexibility index (Phi) is 4.91. The van der Waals surface area contributed by atoms with Gasteiger partial charge in [0.1, 0.15) is 18.3 Å². The minimum Gasteiger partial charge on any atom is -0.376 e. The number of hydrogen-bond donors (Lipinski definition) is 1. The molecule has 3 heterocycles. The largest absolute Gasteiger partial charge is 0.376 e. The minimum atomic E-state index is -0.319. The van der Waals surface area contributed by atoms with Crippen LogP contribution in [0.1, 0.15) is 12.8 Å². The third-order valence-electron chi connectivity index (χ3n) is 4.47. The molecule has 1 amide bonds. The molecule has 1 aliphatic rings. The maximum Gasteiger partial charge on any atom is 0.264 e. The van der Waals surface area contributed by atoms with Gasteiger partial charge in [-0.2, -0.15) is 5.10 Å². The lowest BCUT2D eigenvalue weighted by molar-refractivity contribution is -0.122. The van der Waals surface area contributed by atoms with Crippen LogP contribution in [0.4, 0.5) is 0 Å². The summed E-state index contributed by atoms with van der Waals surface area (Å²) in [5, 5.41) is 7.94. The Bertz CT molecular complexity index is 1040. The van der Waals surface area contributed by atoms with Gasteiger partial charge in [-0.15, -0.1) is 0 Å². The van der Waals surface area contributed by atoms with Gasteiger partial charge in [0.25, 0.3) is 5.56 Å². The van der Waals surface area contributed by atoms with E-state index in [2.05, 4.69) is 15.4 Å². The number of fused-ring (bicyclic) bond motifs is 1. The van der Waals surface area contributed by atoms with Gasteiger partial charge in [-0.25, -0.2) is 9.67 Å². The molecule has 140 valence electrons. The molecule has 0 saturated carbocycles. The first kappa shape index (κ1) is 17.7. The molecular formula is C18H18ClN5O3. The summed E-state index contributed by atoms with van der Waals surface area (Å²) in [5.41, 5.74) is 0.801. The van der Waals surface area contributed by atoms with E-state index in [4.69, 9.17) is 16.3 Å². The highest BCUT2D eigenvalue weighted by Crippen LogP contribution is 2.17. The van der Waals surface area contributed by atoms with Gasteiger partial charge in [0.15, 0.2) is 5.65 Å². The van der Waals surface area contributed by atoms with E-state index in [1.807, 2.05) is 6.07 Å². The third kappa shape index (κ3) is 3.72. The number of nitrogens with one attached hydrogen (secondary N) is 1. The Hall–Kier alpha value is -2.71. The Morgan fingerprint density at radius 3 is 3.07 bits per heavy atom. The van der Waals surface area contributed by atoms with Crippen molar-refractivity contribution in [1.82, 2.24) is 24.6 Å². The fourth-order valence-electron chi connectivity index (χ4n) is 3.10. The SMILES string of the molecule is O=C(Cn1cnc2c(cnn2-c2cccc(Cl)c2)c1=O)NCC1CCCO1. The standard InChI is InChI=1S/C18H18ClN5O3/c19-12-3-1-4-13(7-12)24-17-15(9-22-24)18(26)23(11-21-17)10-16(25)20-8-14-5-2-6-27-14/h1,3-4,7,9,11,14H,2,5-6,8,10H2,(H,20,25). The van der Waals surface area contributed by atoms with Crippen LogP contribution in [0.3, 0.4) is 0 Å². The summed E-state index contributed by atoms with van der Waals surface area (Å²) in [6, 6.07) is 7.11. The van der Waals surface area contributed by atoms with Crippen molar-refractivity contribution in [2.24, 2.45) is 0 Å². The molecule has 8 nitrogen and oxygen atoms in total. The van der Waals surface area contributed by atoms with Gasteiger partial charge in [-0.05, 0) is 31.0 Å². The van der Waals surface area contributed by atoms with E-state index in [1.165, 1.54) is 17.1 Å². The van der Waals surface area contributed by atoms with Crippen LogP contribution in [0.2, 0.25) is 5.02 Å². The normalized spacial score (nSPS) is 16.7. The fourth-order valence-corrected chi connectivity index (χ4v) is 3.29. The number of amides is 1. The van der Waals surface area contributed by atoms with E-state index in [1.54, 1.807) is 22.9 Å². The lowest BCUT2D eigenvalue weighted by Gasteiger charge is -2.11. The number of hydrogen-bond acceptors (Lipinski definition) is 5. The maximum atomic E-state index is 12.7. The van der Waals surface area contributed by atoms with Crippen LogP contribution >= 0.6 is 11.6 Å². The number of ether oxygens (including phenoxy) is 1. The van der Waals surface area contributed by atoms with Crippen molar-refractivity contribution in [2.45, 2.75) is 25.5 Å². The Morgan fingerprint density at radius 2 is 2.30 bits per heavy atom. The first-order valence-electron chi connectivity index (χ1n) is 8.69. The summed E-state index contributed by atoms with van der Waals surface area (Å²) in [6.07, 6.45) is 4.82. The summed E-state index contributed by atoms with van der Waals surface area (Å²) in [4.78, 5) is 29.1. The van der Waals surface area contributed by atoms with Crippen molar-refractivity contribution in [3.63, 3.8) is 0 Å². The van der Waals surface area contributed by atoms with Crippen molar-refractivity contribution < 1.29 is 9.53 Å². The summed E-state index contributed by atoms with van der Waals surface area (Å²) < 4.78 is 8.29. The van der Waals surface area contributed by atoms with Gasteiger partial charge in [-0.1, -0.05) is 17.7 Å². The molecule has 1 atom stereocenters. The predicted molar refractivity (Wildman–Crippen MR) is 100 cm³/mol. The van der Waals surface area contributed by atoms with Gasteiger partial charge in [0, 0.05) is 18.2 Å². The Morgan fingerprint density at radius 1 is 1.41 bits per heavy atom.